The predicted molar refractivity (Wildman–Crippen MR) is 87.5 cm³/mol. The molecule has 1 aromatic rings. The van der Waals surface area contributed by atoms with Crippen LogP contribution in [0.3, 0.4) is 0 Å². The third-order valence-corrected chi connectivity index (χ3v) is 4.77. The fourth-order valence-electron chi connectivity index (χ4n) is 2.66. The smallest absolute Gasteiger partial charge is 0.317 e. The normalized spacial score (nSPS) is 19.0. The molecule has 1 atom stereocenters. The molecule has 1 N–H and O–H groups in total. The van der Waals surface area contributed by atoms with Gasteiger partial charge in [-0.15, -0.1) is 0 Å². The first-order valence-corrected chi connectivity index (χ1v) is 8.80. The average Bonchev–Trinajstić information content (AvgIpc) is 2.96. The highest BCUT2D eigenvalue weighted by molar-refractivity contribution is 7.99. The van der Waals surface area contributed by atoms with Gasteiger partial charge in [0.05, 0.1) is 6.33 Å². The maximum absolute atomic E-state index is 12.2. The first kappa shape index (κ1) is 16.2. The summed E-state index contributed by atoms with van der Waals surface area (Å²) in [5, 5.41) is 3.66. The Bertz CT molecular complexity index is 421. The molecule has 0 aromatic carbocycles. The molecule has 21 heavy (non-hydrogen) atoms. The topological polar surface area (TPSA) is 50.2 Å². The molecule has 1 aliphatic rings. The number of imidazole rings is 1. The minimum atomic E-state index is 0.0923. The number of hydrogen-bond acceptors (Lipinski definition) is 3. The van der Waals surface area contributed by atoms with E-state index < -0.39 is 0 Å². The average molecular weight is 310 g/mol. The van der Waals surface area contributed by atoms with E-state index in [-0.39, 0.29) is 6.03 Å². The van der Waals surface area contributed by atoms with Gasteiger partial charge in [-0.05, 0) is 24.0 Å². The zero-order valence-electron chi connectivity index (χ0n) is 13.0. The van der Waals surface area contributed by atoms with Gasteiger partial charge in [-0.2, -0.15) is 11.8 Å². The fourth-order valence-corrected chi connectivity index (χ4v) is 3.35. The lowest BCUT2D eigenvalue weighted by Crippen LogP contribution is -2.46. The fraction of sp³-hybridized carbons (Fsp3) is 0.733. The first-order valence-electron chi connectivity index (χ1n) is 7.75. The number of nitrogens with zero attached hydrogens (tertiary/aromatic N) is 3. The van der Waals surface area contributed by atoms with E-state index in [1.54, 1.807) is 6.20 Å². The summed E-state index contributed by atoms with van der Waals surface area (Å²) < 4.78 is 2.10. The molecule has 0 unspecified atom stereocenters. The lowest BCUT2D eigenvalue weighted by Gasteiger charge is -2.33. The van der Waals surface area contributed by atoms with Gasteiger partial charge in [0.15, 0.2) is 0 Å². The molecule has 2 heterocycles. The molecule has 1 aromatic heterocycles. The molecule has 1 fully saturated rings. The molecule has 0 bridgehead atoms. The molecule has 1 saturated heterocycles. The van der Waals surface area contributed by atoms with Crippen molar-refractivity contribution in [2.75, 3.05) is 25.4 Å². The molecule has 118 valence electrons. The van der Waals surface area contributed by atoms with Crippen molar-refractivity contribution in [2.45, 2.75) is 38.5 Å². The van der Waals surface area contributed by atoms with Crippen LogP contribution < -0.4 is 5.32 Å². The highest BCUT2D eigenvalue weighted by Crippen LogP contribution is 2.18. The molecular weight excluding hydrogens is 284 g/mol. The van der Waals surface area contributed by atoms with Crippen LogP contribution in [0.2, 0.25) is 0 Å². The largest absolute Gasteiger partial charge is 0.337 e. The van der Waals surface area contributed by atoms with Crippen LogP contribution in [-0.2, 0) is 6.54 Å². The molecule has 2 amide bonds. The van der Waals surface area contributed by atoms with Crippen molar-refractivity contribution >= 4 is 17.8 Å². The summed E-state index contributed by atoms with van der Waals surface area (Å²) in [4.78, 5) is 18.2. The van der Waals surface area contributed by atoms with E-state index in [0.717, 1.165) is 38.4 Å². The summed E-state index contributed by atoms with van der Waals surface area (Å²) in [5.41, 5.74) is 0. The van der Waals surface area contributed by atoms with Crippen LogP contribution in [0, 0.1) is 5.92 Å². The van der Waals surface area contributed by atoms with E-state index >= 15 is 0 Å². The Balaban J connectivity index is 1.71. The highest BCUT2D eigenvalue weighted by atomic mass is 32.2. The third kappa shape index (κ3) is 5.61. The Morgan fingerprint density at radius 3 is 3.10 bits per heavy atom. The molecule has 6 heteroatoms. The van der Waals surface area contributed by atoms with Gasteiger partial charge in [-0.3, -0.25) is 0 Å². The van der Waals surface area contributed by atoms with E-state index in [2.05, 4.69) is 28.7 Å². The second kappa shape index (κ2) is 8.32. The van der Waals surface area contributed by atoms with Gasteiger partial charge in [-0.25, -0.2) is 9.78 Å². The molecule has 0 saturated carbocycles. The van der Waals surface area contributed by atoms with Gasteiger partial charge in [0, 0.05) is 44.3 Å². The van der Waals surface area contributed by atoms with E-state index in [0.29, 0.717) is 11.2 Å². The molecular formula is C15H26N4OS. The van der Waals surface area contributed by atoms with E-state index in [9.17, 15) is 4.79 Å². The summed E-state index contributed by atoms with van der Waals surface area (Å²) in [6, 6.07) is 0.0923. The number of amides is 2. The molecule has 1 aliphatic heterocycles. The van der Waals surface area contributed by atoms with Crippen LogP contribution in [0.25, 0.3) is 0 Å². The molecule has 0 spiro atoms. The maximum atomic E-state index is 12.2. The number of nitrogens with one attached hydrogen (secondary N) is 1. The quantitative estimate of drug-likeness (QED) is 0.821. The van der Waals surface area contributed by atoms with Crippen molar-refractivity contribution in [2.24, 2.45) is 5.92 Å². The predicted octanol–water partition coefficient (Wildman–Crippen LogP) is 2.45. The van der Waals surface area contributed by atoms with Gasteiger partial charge in [0.1, 0.15) is 0 Å². The van der Waals surface area contributed by atoms with E-state index in [4.69, 9.17) is 0 Å². The van der Waals surface area contributed by atoms with Crippen LogP contribution >= 0.6 is 11.8 Å². The number of hydrogen-bond donors (Lipinski definition) is 1. The van der Waals surface area contributed by atoms with Crippen molar-refractivity contribution in [3.05, 3.63) is 18.7 Å². The summed E-state index contributed by atoms with van der Waals surface area (Å²) in [5.74, 6) is 1.51. The summed E-state index contributed by atoms with van der Waals surface area (Å²) >= 11 is 1.88. The second-order valence-corrected chi connectivity index (χ2v) is 7.55. The Morgan fingerprint density at radius 1 is 1.52 bits per heavy atom. The Labute approximate surface area is 131 Å². The number of carbonyl (C=O) groups excluding carboxylic acids is 1. The van der Waals surface area contributed by atoms with E-state index in [1.165, 1.54) is 6.42 Å². The summed E-state index contributed by atoms with van der Waals surface area (Å²) in [6.45, 7) is 7.79. The maximum Gasteiger partial charge on any atom is 0.317 e. The molecule has 0 aliphatic carbocycles. The van der Waals surface area contributed by atoms with Gasteiger partial charge >= 0.3 is 6.03 Å². The molecule has 5 nitrogen and oxygen atoms in total. The van der Waals surface area contributed by atoms with Crippen LogP contribution in [0.1, 0.15) is 26.7 Å². The van der Waals surface area contributed by atoms with Gasteiger partial charge in [0.2, 0.25) is 0 Å². The number of likely N-dealkylation sites (tertiary alicyclic amines) is 1. The SMILES string of the molecule is CC(C)SCCNC(=O)N1CCC[C@@H](Cn2ccnc2)C1. The standard InChI is InChI=1S/C15H26N4OS/c1-13(2)21-9-6-17-15(20)19-7-3-4-14(11-19)10-18-8-5-16-12-18/h5,8,12-14H,3-4,6-7,9-11H2,1-2H3,(H,17,20)/t14-/m0/s1. The number of carbonyl (C=O) groups is 1. The van der Waals surface area contributed by atoms with Crippen LogP contribution in [-0.4, -0.2) is 51.1 Å². The minimum absolute atomic E-state index is 0.0923. The summed E-state index contributed by atoms with van der Waals surface area (Å²) in [7, 11) is 0. The van der Waals surface area contributed by atoms with Crippen LogP contribution in [0.15, 0.2) is 18.7 Å². The number of rotatable bonds is 6. The number of piperidine rings is 1. The van der Waals surface area contributed by atoms with Gasteiger partial charge in [0.25, 0.3) is 0 Å². The van der Waals surface area contributed by atoms with E-state index in [1.807, 2.05) is 29.2 Å². The van der Waals surface area contributed by atoms with Crippen LogP contribution in [0.5, 0.6) is 0 Å². The molecule has 0 radical (unpaired) electrons. The van der Waals surface area contributed by atoms with Gasteiger partial charge < -0.3 is 14.8 Å². The second-order valence-electron chi connectivity index (χ2n) is 5.87. The Morgan fingerprint density at radius 2 is 2.38 bits per heavy atom. The monoisotopic (exact) mass is 310 g/mol. The van der Waals surface area contributed by atoms with Crippen molar-refractivity contribution in [3.63, 3.8) is 0 Å². The molecule has 2 rings (SSSR count). The summed E-state index contributed by atoms with van der Waals surface area (Å²) in [6.07, 6.45) is 7.92. The lowest BCUT2D eigenvalue weighted by molar-refractivity contribution is 0.160. The van der Waals surface area contributed by atoms with Crippen molar-refractivity contribution in [1.82, 2.24) is 19.8 Å². The van der Waals surface area contributed by atoms with Crippen LogP contribution in [0.4, 0.5) is 4.79 Å². The van der Waals surface area contributed by atoms with Gasteiger partial charge in [-0.1, -0.05) is 13.8 Å². The highest BCUT2D eigenvalue weighted by Gasteiger charge is 2.23. The number of urea groups is 1. The third-order valence-electron chi connectivity index (χ3n) is 3.66. The zero-order chi connectivity index (χ0) is 15.1. The Hall–Kier alpha value is -1.17. The lowest BCUT2D eigenvalue weighted by atomic mass is 9.98. The van der Waals surface area contributed by atoms with Crippen molar-refractivity contribution < 1.29 is 4.79 Å². The van der Waals surface area contributed by atoms with Crippen molar-refractivity contribution in [1.29, 1.82) is 0 Å². The zero-order valence-corrected chi connectivity index (χ0v) is 13.8. The van der Waals surface area contributed by atoms with Crippen molar-refractivity contribution in [3.8, 4) is 0 Å². The minimum Gasteiger partial charge on any atom is -0.337 e. The number of thioether (sulfide) groups is 1. The number of aromatic nitrogens is 2. The Kier molecular flexibility index (Phi) is 6.42. The first-order chi connectivity index (χ1) is 10.1.